The van der Waals surface area contributed by atoms with E-state index in [1.54, 1.807) is 0 Å². The van der Waals surface area contributed by atoms with Gasteiger partial charge in [0.2, 0.25) is 5.91 Å². The third kappa shape index (κ3) is 4.04. The number of likely N-dealkylation sites (N-methyl/N-ethyl adjacent to an activating group) is 1. The van der Waals surface area contributed by atoms with Gasteiger partial charge in [-0.05, 0) is 50.8 Å². The number of amides is 1. The van der Waals surface area contributed by atoms with Crippen molar-refractivity contribution in [3.05, 3.63) is 65.2 Å². The Bertz CT molecular complexity index is 715. The van der Waals surface area contributed by atoms with E-state index < -0.39 is 0 Å². The summed E-state index contributed by atoms with van der Waals surface area (Å²) in [6.07, 6.45) is 2.75. The summed E-state index contributed by atoms with van der Waals surface area (Å²) in [7, 11) is 1.91. The van der Waals surface area contributed by atoms with Crippen molar-refractivity contribution in [2.75, 3.05) is 20.2 Å². The summed E-state index contributed by atoms with van der Waals surface area (Å²) in [6.45, 7) is 5.54. The summed E-state index contributed by atoms with van der Waals surface area (Å²) in [5.41, 5.74) is 3.36. The quantitative estimate of drug-likeness (QED) is 0.707. The fourth-order valence-electron chi connectivity index (χ4n) is 3.48. The number of para-hydroxylation sites is 1. The Balaban J connectivity index is 1.55. The van der Waals surface area contributed by atoms with Crippen molar-refractivity contribution < 1.29 is 9.53 Å². The van der Waals surface area contributed by atoms with Crippen LogP contribution in [0.2, 0.25) is 0 Å². The van der Waals surface area contributed by atoms with Crippen LogP contribution in [0.25, 0.3) is 0 Å². The van der Waals surface area contributed by atoms with Crippen LogP contribution in [0.4, 0.5) is 0 Å². The van der Waals surface area contributed by atoms with Crippen LogP contribution in [0.1, 0.15) is 36.0 Å². The lowest BCUT2D eigenvalue weighted by Gasteiger charge is -2.24. The van der Waals surface area contributed by atoms with Crippen molar-refractivity contribution in [3.63, 3.8) is 0 Å². The summed E-state index contributed by atoms with van der Waals surface area (Å²) in [6, 6.07) is 16.3. The number of ether oxygens (including phenoxy) is 1. The van der Waals surface area contributed by atoms with Crippen molar-refractivity contribution >= 4 is 5.91 Å². The zero-order valence-electron chi connectivity index (χ0n) is 15.4. The first-order valence-electron chi connectivity index (χ1n) is 9.03. The fourth-order valence-corrected chi connectivity index (χ4v) is 3.48. The van der Waals surface area contributed by atoms with Gasteiger partial charge in [0.1, 0.15) is 5.75 Å². The predicted molar refractivity (Wildman–Crippen MR) is 101 cm³/mol. The molecule has 1 saturated carbocycles. The molecule has 0 radical (unpaired) electrons. The van der Waals surface area contributed by atoms with Crippen molar-refractivity contribution in [1.82, 2.24) is 4.90 Å². The first kappa shape index (κ1) is 17.5. The number of carbonyl (C=O) groups excluding carboxylic acids is 1. The molecule has 0 atom stereocenters. The number of nitrogens with zero attached hydrogens (tertiary/aromatic N) is 1. The molecule has 132 valence electrons. The molecule has 0 N–H and O–H groups in total. The summed E-state index contributed by atoms with van der Waals surface area (Å²) in [5, 5.41) is 0. The number of benzene rings is 2. The van der Waals surface area contributed by atoms with Gasteiger partial charge in [0.25, 0.3) is 0 Å². The van der Waals surface area contributed by atoms with Crippen LogP contribution >= 0.6 is 0 Å². The van der Waals surface area contributed by atoms with E-state index >= 15 is 0 Å². The number of aryl methyl sites for hydroxylation is 2. The SMILES string of the molecule is Cc1cc(C)cc(C2(C(=O)N(C)CCCOc3ccccc3)CC2)c1. The van der Waals surface area contributed by atoms with Crippen LogP contribution in [-0.2, 0) is 10.2 Å². The highest BCUT2D eigenvalue weighted by Crippen LogP contribution is 2.49. The summed E-state index contributed by atoms with van der Waals surface area (Å²) < 4.78 is 5.72. The second kappa shape index (κ2) is 7.30. The highest BCUT2D eigenvalue weighted by molar-refractivity contribution is 5.91. The van der Waals surface area contributed by atoms with E-state index in [1.807, 2.05) is 42.3 Å². The van der Waals surface area contributed by atoms with Gasteiger partial charge in [0.05, 0.1) is 12.0 Å². The van der Waals surface area contributed by atoms with Gasteiger partial charge in [-0.1, -0.05) is 47.5 Å². The predicted octanol–water partition coefficient (Wildman–Crippen LogP) is 4.26. The maximum Gasteiger partial charge on any atom is 0.232 e. The van der Waals surface area contributed by atoms with Crippen molar-refractivity contribution in [1.29, 1.82) is 0 Å². The average Bonchev–Trinajstić information content (AvgIpc) is 3.40. The lowest BCUT2D eigenvalue weighted by Crippen LogP contribution is -2.37. The van der Waals surface area contributed by atoms with E-state index in [1.165, 1.54) is 16.7 Å². The Kier molecular flexibility index (Phi) is 5.12. The Labute approximate surface area is 150 Å². The maximum atomic E-state index is 13.0. The molecule has 2 aromatic carbocycles. The molecule has 1 aliphatic rings. The Morgan fingerprint density at radius 3 is 2.32 bits per heavy atom. The standard InChI is InChI=1S/C22H27NO2/c1-17-14-18(2)16-19(15-17)22(10-11-22)21(24)23(3)12-7-13-25-20-8-5-4-6-9-20/h4-6,8-9,14-16H,7,10-13H2,1-3H3. The Morgan fingerprint density at radius 1 is 1.08 bits per heavy atom. The van der Waals surface area contributed by atoms with Crippen LogP contribution in [0.5, 0.6) is 5.75 Å². The summed E-state index contributed by atoms with van der Waals surface area (Å²) in [4.78, 5) is 14.9. The van der Waals surface area contributed by atoms with Gasteiger partial charge in [-0.2, -0.15) is 0 Å². The molecule has 1 amide bonds. The van der Waals surface area contributed by atoms with Gasteiger partial charge in [0.15, 0.2) is 0 Å². The molecule has 1 aliphatic carbocycles. The van der Waals surface area contributed by atoms with Crippen LogP contribution in [-0.4, -0.2) is 31.0 Å². The van der Waals surface area contributed by atoms with Crippen molar-refractivity contribution in [2.45, 2.75) is 38.5 Å². The number of hydrogen-bond acceptors (Lipinski definition) is 2. The Morgan fingerprint density at radius 2 is 1.72 bits per heavy atom. The topological polar surface area (TPSA) is 29.5 Å². The first-order valence-corrected chi connectivity index (χ1v) is 9.03. The monoisotopic (exact) mass is 337 g/mol. The fraction of sp³-hybridized carbons (Fsp3) is 0.409. The largest absolute Gasteiger partial charge is 0.494 e. The number of rotatable bonds is 7. The molecule has 0 spiro atoms. The zero-order valence-corrected chi connectivity index (χ0v) is 15.4. The molecule has 2 aromatic rings. The number of carbonyl (C=O) groups is 1. The third-order valence-corrected chi connectivity index (χ3v) is 4.93. The van der Waals surface area contributed by atoms with Gasteiger partial charge in [-0.25, -0.2) is 0 Å². The normalized spacial score (nSPS) is 14.8. The van der Waals surface area contributed by atoms with E-state index in [4.69, 9.17) is 4.74 Å². The van der Waals surface area contributed by atoms with E-state index in [9.17, 15) is 4.79 Å². The molecule has 0 saturated heterocycles. The average molecular weight is 337 g/mol. The van der Waals surface area contributed by atoms with Gasteiger partial charge in [0, 0.05) is 13.6 Å². The first-order chi connectivity index (χ1) is 12.0. The second-order valence-corrected chi connectivity index (χ2v) is 7.20. The van der Waals surface area contributed by atoms with Gasteiger partial charge < -0.3 is 9.64 Å². The molecule has 0 aromatic heterocycles. The summed E-state index contributed by atoms with van der Waals surface area (Å²) in [5.74, 6) is 1.13. The lowest BCUT2D eigenvalue weighted by atomic mass is 9.91. The second-order valence-electron chi connectivity index (χ2n) is 7.20. The lowest BCUT2D eigenvalue weighted by molar-refractivity contribution is -0.132. The van der Waals surface area contributed by atoms with Gasteiger partial charge in [-0.3, -0.25) is 4.79 Å². The molecule has 3 rings (SSSR count). The van der Waals surface area contributed by atoms with Crippen LogP contribution in [0.3, 0.4) is 0 Å². The minimum atomic E-state index is -0.286. The maximum absolute atomic E-state index is 13.0. The molecule has 3 heteroatoms. The Hall–Kier alpha value is -2.29. The van der Waals surface area contributed by atoms with Crippen molar-refractivity contribution in [2.24, 2.45) is 0 Å². The molecule has 1 fully saturated rings. The molecule has 0 bridgehead atoms. The smallest absolute Gasteiger partial charge is 0.232 e. The molecular weight excluding hydrogens is 310 g/mol. The highest BCUT2D eigenvalue weighted by atomic mass is 16.5. The molecule has 25 heavy (non-hydrogen) atoms. The van der Waals surface area contributed by atoms with Crippen LogP contribution in [0, 0.1) is 13.8 Å². The third-order valence-electron chi connectivity index (χ3n) is 4.93. The van der Waals surface area contributed by atoms with Crippen LogP contribution in [0.15, 0.2) is 48.5 Å². The molecular formula is C22H27NO2. The van der Waals surface area contributed by atoms with E-state index in [0.717, 1.165) is 31.6 Å². The van der Waals surface area contributed by atoms with Gasteiger partial charge >= 0.3 is 0 Å². The molecule has 3 nitrogen and oxygen atoms in total. The summed E-state index contributed by atoms with van der Waals surface area (Å²) >= 11 is 0. The van der Waals surface area contributed by atoms with E-state index in [2.05, 4.69) is 32.0 Å². The molecule has 0 heterocycles. The van der Waals surface area contributed by atoms with Crippen molar-refractivity contribution in [3.8, 4) is 5.75 Å². The molecule has 0 aliphatic heterocycles. The minimum Gasteiger partial charge on any atom is -0.494 e. The van der Waals surface area contributed by atoms with Gasteiger partial charge in [-0.15, -0.1) is 0 Å². The van der Waals surface area contributed by atoms with E-state index in [-0.39, 0.29) is 11.3 Å². The minimum absolute atomic E-state index is 0.247. The van der Waals surface area contributed by atoms with E-state index in [0.29, 0.717) is 6.61 Å². The zero-order chi connectivity index (χ0) is 17.9. The van der Waals surface area contributed by atoms with Crippen LogP contribution < -0.4 is 4.74 Å². The molecule has 0 unspecified atom stereocenters. The highest BCUT2D eigenvalue weighted by Gasteiger charge is 2.52. The number of hydrogen-bond donors (Lipinski definition) is 0.